The van der Waals surface area contributed by atoms with Crippen molar-refractivity contribution in [3.63, 3.8) is 0 Å². The lowest BCUT2D eigenvalue weighted by molar-refractivity contribution is -0.137. The normalized spacial score (nSPS) is 13.9. The van der Waals surface area contributed by atoms with E-state index in [0.717, 1.165) is 12.1 Å². The van der Waals surface area contributed by atoms with Crippen LogP contribution in [0.4, 0.5) is 13.2 Å². The maximum absolute atomic E-state index is 12.2. The molecule has 84 valence electrons. The highest BCUT2D eigenvalue weighted by Crippen LogP contribution is 2.29. The van der Waals surface area contributed by atoms with Crippen LogP contribution in [-0.2, 0) is 6.18 Å². The first-order valence-corrected chi connectivity index (χ1v) is 4.48. The number of benzene rings is 1. The van der Waals surface area contributed by atoms with Crippen LogP contribution in [0.15, 0.2) is 24.3 Å². The molecule has 15 heavy (non-hydrogen) atoms. The molecule has 0 fully saturated rings. The third-order valence-electron chi connectivity index (χ3n) is 2.11. The maximum atomic E-state index is 12.2. The first-order valence-electron chi connectivity index (χ1n) is 4.48. The quantitative estimate of drug-likeness (QED) is 0.817. The third kappa shape index (κ3) is 3.21. The van der Waals surface area contributed by atoms with Crippen molar-refractivity contribution in [3.05, 3.63) is 35.4 Å². The predicted octanol–water partition coefficient (Wildman–Crippen LogP) is 2.09. The molecule has 1 rings (SSSR count). The van der Waals surface area contributed by atoms with Crippen molar-refractivity contribution in [2.24, 2.45) is 5.73 Å². The summed E-state index contributed by atoms with van der Waals surface area (Å²) in [6, 6.07) is 4.24. The number of rotatable bonds is 3. The van der Waals surface area contributed by atoms with Gasteiger partial charge in [0, 0.05) is 12.6 Å². The van der Waals surface area contributed by atoms with Gasteiger partial charge in [-0.3, -0.25) is 0 Å². The predicted molar refractivity (Wildman–Crippen MR) is 50.1 cm³/mol. The summed E-state index contributed by atoms with van der Waals surface area (Å²) in [6.07, 6.45) is -3.98. The first kappa shape index (κ1) is 12.0. The Morgan fingerprint density at radius 3 is 2.13 bits per heavy atom. The Morgan fingerprint density at radius 2 is 1.73 bits per heavy atom. The summed E-state index contributed by atoms with van der Waals surface area (Å²) in [5.41, 5.74) is 5.53. The van der Waals surface area contributed by atoms with Gasteiger partial charge < -0.3 is 10.8 Å². The van der Waals surface area contributed by atoms with Crippen molar-refractivity contribution < 1.29 is 18.3 Å². The standard InChI is InChI=1S/C10H12F3NO/c11-10(12,13)8-3-1-7(2-4-8)9(14)5-6-15/h1-4,9,15H,5-6,14H2/t9-/m1/s1. The molecule has 0 spiro atoms. The minimum atomic E-state index is -4.32. The van der Waals surface area contributed by atoms with E-state index in [1.807, 2.05) is 0 Å². The van der Waals surface area contributed by atoms with E-state index in [9.17, 15) is 13.2 Å². The van der Waals surface area contributed by atoms with Crippen LogP contribution in [-0.4, -0.2) is 11.7 Å². The van der Waals surface area contributed by atoms with Gasteiger partial charge in [-0.1, -0.05) is 12.1 Å². The van der Waals surface area contributed by atoms with E-state index in [2.05, 4.69) is 0 Å². The molecule has 1 atom stereocenters. The van der Waals surface area contributed by atoms with Crippen LogP contribution in [0.3, 0.4) is 0 Å². The average Bonchev–Trinajstić information content (AvgIpc) is 2.17. The molecule has 0 saturated carbocycles. The molecule has 0 heterocycles. The number of hydrogen-bond acceptors (Lipinski definition) is 2. The summed E-state index contributed by atoms with van der Waals surface area (Å²) in [6.45, 7) is -0.0812. The van der Waals surface area contributed by atoms with Gasteiger partial charge in [-0.05, 0) is 24.1 Å². The molecule has 0 aliphatic rings. The van der Waals surface area contributed by atoms with Crippen LogP contribution in [0.5, 0.6) is 0 Å². The summed E-state index contributed by atoms with van der Waals surface area (Å²) >= 11 is 0. The molecule has 0 saturated heterocycles. The van der Waals surface area contributed by atoms with Crippen molar-refractivity contribution in [3.8, 4) is 0 Å². The monoisotopic (exact) mass is 219 g/mol. The van der Waals surface area contributed by atoms with E-state index in [0.29, 0.717) is 12.0 Å². The molecule has 0 aliphatic carbocycles. The Labute approximate surface area is 85.5 Å². The van der Waals surface area contributed by atoms with Gasteiger partial charge in [-0.15, -0.1) is 0 Å². The second kappa shape index (κ2) is 4.63. The minimum Gasteiger partial charge on any atom is -0.396 e. The van der Waals surface area contributed by atoms with Gasteiger partial charge in [0.2, 0.25) is 0 Å². The average molecular weight is 219 g/mol. The Morgan fingerprint density at radius 1 is 1.20 bits per heavy atom. The smallest absolute Gasteiger partial charge is 0.396 e. The highest BCUT2D eigenvalue weighted by atomic mass is 19.4. The number of aliphatic hydroxyl groups excluding tert-OH is 1. The number of halogens is 3. The fourth-order valence-electron chi connectivity index (χ4n) is 1.23. The van der Waals surface area contributed by atoms with Crippen molar-refractivity contribution in [1.29, 1.82) is 0 Å². The van der Waals surface area contributed by atoms with Crippen LogP contribution in [0.1, 0.15) is 23.6 Å². The molecule has 3 N–H and O–H groups in total. The van der Waals surface area contributed by atoms with Crippen molar-refractivity contribution in [2.45, 2.75) is 18.6 Å². The van der Waals surface area contributed by atoms with E-state index < -0.39 is 17.8 Å². The van der Waals surface area contributed by atoms with E-state index in [1.54, 1.807) is 0 Å². The van der Waals surface area contributed by atoms with Gasteiger partial charge in [0.25, 0.3) is 0 Å². The molecule has 0 aromatic heterocycles. The molecule has 0 unspecified atom stereocenters. The van der Waals surface area contributed by atoms with Crippen LogP contribution in [0, 0.1) is 0 Å². The van der Waals surface area contributed by atoms with Crippen molar-refractivity contribution >= 4 is 0 Å². The lowest BCUT2D eigenvalue weighted by Crippen LogP contribution is -2.12. The molecule has 0 amide bonds. The largest absolute Gasteiger partial charge is 0.416 e. The second-order valence-corrected chi connectivity index (χ2v) is 3.24. The summed E-state index contributed by atoms with van der Waals surface area (Å²) in [5, 5.41) is 8.62. The molecule has 5 heteroatoms. The van der Waals surface area contributed by atoms with Crippen LogP contribution >= 0.6 is 0 Å². The Hall–Kier alpha value is -1.07. The molecule has 0 radical (unpaired) electrons. The topological polar surface area (TPSA) is 46.2 Å². The Balaban J connectivity index is 2.81. The van der Waals surface area contributed by atoms with Gasteiger partial charge in [0.15, 0.2) is 0 Å². The SMILES string of the molecule is N[C@H](CCO)c1ccc(C(F)(F)F)cc1. The summed E-state index contributed by atoms with van der Waals surface area (Å²) in [5.74, 6) is 0. The maximum Gasteiger partial charge on any atom is 0.416 e. The highest BCUT2D eigenvalue weighted by molar-refractivity contribution is 5.26. The molecule has 1 aromatic rings. The second-order valence-electron chi connectivity index (χ2n) is 3.24. The molecule has 1 aromatic carbocycles. The van der Waals surface area contributed by atoms with Crippen LogP contribution in [0.25, 0.3) is 0 Å². The molecule has 0 aliphatic heterocycles. The van der Waals surface area contributed by atoms with Gasteiger partial charge in [-0.2, -0.15) is 13.2 Å². The van der Waals surface area contributed by atoms with E-state index in [4.69, 9.17) is 10.8 Å². The summed E-state index contributed by atoms with van der Waals surface area (Å²) < 4.78 is 36.6. The lowest BCUT2D eigenvalue weighted by Gasteiger charge is -2.12. The zero-order chi connectivity index (χ0) is 11.5. The zero-order valence-corrected chi connectivity index (χ0v) is 7.96. The fourth-order valence-corrected chi connectivity index (χ4v) is 1.23. The molecular formula is C10H12F3NO. The lowest BCUT2D eigenvalue weighted by atomic mass is 10.0. The van der Waals surface area contributed by atoms with Crippen molar-refractivity contribution in [2.75, 3.05) is 6.61 Å². The van der Waals surface area contributed by atoms with Crippen molar-refractivity contribution in [1.82, 2.24) is 0 Å². The first-order chi connectivity index (χ1) is 6.95. The third-order valence-corrected chi connectivity index (χ3v) is 2.11. The number of alkyl halides is 3. The van der Waals surface area contributed by atoms with Crippen LogP contribution in [0.2, 0.25) is 0 Å². The van der Waals surface area contributed by atoms with Crippen LogP contribution < -0.4 is 5.73 Å². The van der Waals surface area contributed by atoms with Gasteiger partial charge in [0.1, 0.15) is 0 Å². The molecule has 2 nitrogen and oxygen atoms in total. The number of nitrogens with two attached hydrogens (primary N) is 1. The van der Waals surface area contributed by atoms with Gasteiger partial charge in [-0.25, -0.2) is 0 Å². The van der Waals surface area contributed by atoms with E-state index >= 15 is 0 Å². The van der Waals surface area contributed by atoms with Gasteiger partial charge in [0.05, 0.1) is 5.56 Å². The van der Waals surface area contributed by atoms with E-state index in [1.165, 1.54) is 12.1 Å². The summed E-state index contributed by atoms with van der Waals surface area (Å²) in [7, 11) is 0. The van der Waals surface area contributed by atoms with E-state index in [-0.39, 0.29) is 6.61 Å². The molecular weight excluding hydrogens is 207 g/mol. The fraction of sp³-hybridized carbons (Fsp3) is 0.400. The number of hydrogen-bond donors (Lipinski definition) is 2. The molecule has 0 bridgehead atoms. The number of aliphatic hydroxyl groups is 1. The minimum absolute atomic E-state index is 0.0812. The highest BCUT2D eigenvalue weighted by Gasteiger charge is 2.30. The Kier molecular flexibility index (Phi) is 3.71. The zero-order valence-electron chi connectivity index (χ0n) is 7.96. The van der Waals surface area contributed by atoms with Gasteiger partial charge >= 0.3 is 6.18 Å². The Bertz CT molecular complexity index is 307. The summed E-state index contributed by atoms with van der Waals surface area (Å²) in [4.78, 5) is 0.